The standard InChI is InChI=1S/C16H17BrClNO/c1-3-19-10-12-4-5-14(9-15(12)17)20-13-6-7-16(18)11(2)8-13/h4-9,19H,3,10H2,1-2H3. The quantitative estimate of drug-likeness (QED) is 0.785. The van der Waals surface area contributed by atoms with Gasteiger partial charge in [0, 0.05) is 16.0 Å². The molecule has 0 heterocycles. The number of rotatable bonds is 5. The largest absolute Gasteiger partial charge is 0.457 e. The van der Waals surface area contributed by atoms with Crippen LogP contribution < -0.4 is 10.1 Å². The van der Waals surface area contributed by atoms with Crippen LogP contribution >= 0.6 is 27.5 Å². The van der Waals surface area contributed by atoms with Crippen molar-refractivity contribution >= 4 is 27.5 Å². The molecule has 0 aliphatic carbocycles. The van der Waals surface area contributed by atoms with Gasteiger partial charge >= 0.3 is 0 Å². The minimum Gasteiger partial charge on any atom is -0.457 e. The molecule has 0 bridgehead atoms. The molecule has 2 nitrogen and oxygen atoms in total. The van der Waals surface area contributed by atoms with Gasteiger partial charge in [0.1, 0.15) is 11.5 Å². The van der Waals surface area contributed by atoms with E-state index < -0.39 is 0 Å². The Labute approximate surface area is 133 Å². The SMILES string of the molecule is CCNCc1ccc(Oc2ccc(Cl)c(C)c2)cc1Br. The fourth-order valence-corrected chi connectivity index (χ4v) is 2.43. The van der Waals surface area contributed by atoms with E-state index in [9.17, 15) is 0 Å². The summed E-state index contributed by atoms with van der Waals surface area (Å²) >= 11 is 9.58. The van der Waals surface area contributed by atoms with Gasteiger partial charge in [-0.15, -0.1) is 0 Å². The Morgan fingerprint density at radius 3 is 2.50 bits per heavy atom. The van der Waals surface area contributed by atoms with Crippen molar-refractivity contribution in [3.63, 3.8) is 0 Å². The van der Waals surface area contributed by atoms with E-state index in [0.29, 0.717) is 0 Å². The molecule has 20 heavy (non-hydrogen) atoms. The predicted octanol–water partition coefficient (Wildman–Crippen LogP) is 5.31. The maximum atomic E-state index is 6.01. The smallest absolute Gasteiger partial charge is 0.128 e. The molecule has 2 aromatic carbocycles. The van der Waals surface area contributed by atoms with E-state index in [1.165, 1.54) is 5.56 Å². The Morgan fingerprint density at radius 1 is 1.15 bits per heavy atom. The van der Waals surface area contributed by atoms with Gasteiger partial charge in [0.15, 0.2) is 0 Å². The highest BCUT2D eigenvalue weighted by molar-refractivity contribution is 9.10. The maximum absolute atomic E-state index is 6.01. The number of hydrogen-bond acceptors (Lipinski definition) is 2. The lowest BCUT2D eigenvalue weighted by atomic mass is 10.2. The molecule has 0 saturated heterocycles. The molecule has 0 aliphatic rings. The summed E-state index contributed by atoms with van der Waals surface area (Å²) in [5.74, 6) is 1.59. The average Bonchev–Trinajstić information content (AvgIpc) is 2.42. The Kier molecular flexibility index (Phi) is 5.46. The van der Waals surface area contributed by atoms with Gasteiger partial charge in [0.25, 0.3) is 0 Å². The second kappa shape index (κ2) is 7.11. The molecule has 0 atom stereocenters. The number of aryl methyl sites for hydroxylation is 1. The Bertz CT molecular complexity index is 601. The lowest BCUT2D eigenvalue weighted by molar-refractivity contribution is 0.481. The molecule has 0 spiro atoms. The van der Waals surface area contributed by atoms with Crippen LogP contribution in [0.25, 0.3) is 0 Å². The van der Waals surface area contributed by atoms with Crippen molar-refractivity contribution in [1.82, 2.24) is 5.32 Å². The molecule has 0 aliphatic heterocycles. The second-order valence-corrected chi connectivity index (χ2v) is 5.81. The summed E-state index contributed by atoms with van der Waals surface area (Å²) in [6.07, 6.45) is 0. The minimum atomic E-state index is 0.750. The van der Waals surface area contributed by atoms with E-state index in [-0.39, 0.29) is 0 Å². The fraction of sp³-hybridized carbons (Fsp3) is 0.250. The zero-order chi connectivity index (χ0) is 14.5. The summed E-state index contributed by atoms with van der Waals surface area (Å²) in [6, 6.07) is 11.7. The summed E-state index contributed by atoms with van der Waals surface area (Å²) in [5.41, 5.74) is 2.22. The molecular weight excluding hydrogens is 338 g/mol. The zero-order valence-electron chi connectivity index (χ0n) is 11.5. The highest BCUT2D eigenvalue weighted by atomic mass is 79.9. The number of hydrogen-bond donors (Lipinski definition) is 1. The van der Waals surface area contributed by atoms with Crippen molar-refractivity contribution in [1.29, 1.82) is 0 Å². The van der Waals surface area contributed by atoms with Crippen molar-refractivity contribution in [2.45, 2.75) is 20.4 Å². The predicted molar refractivity (Wildman–Crippen MR) is 87.8 cm³/mol. The molecular formula is C16H17BrClNO. The van der Waals surface area contributed by atoms with Crippen LogP contribution in [0, 0.1) is 6.92 Å². The van der Waals surface area contributed by atoms with E-state index in [0.717, 1.165) is 39.6 Å². The first kappa shape index (κ1) is 15.4. The van der Waals surface area contributed by atoms with Gasteiger partial charge in [-0.05, 0) is 54.9 Å². The zero-order valence-corrected chi connectivity index (χ0v) is 13.9. The number of nitrogens with one attached hydrogen (secondary N) is 1. The second-order valence-electron chi connectivity index (χ2n) is 4.55. The van der Waals surface area contributed by atoms with Gasteiger partial charge in [0.2, 0.25) is 0 Å². The lowest BCUT2D eigenvalue weighted by Crippen LogP contribution is -2.11. The highest BCUT2D eigenvalue weighted by Gasteiger charge is 2.04. The summed E-state index contributed by atoms with van der Waals surface area (Å²) in [7, 11) is 0. The van der Waals surface area contributed by atoms with Crippen LogP contribution in [-0.4, -0.2) is 6.54 Å². The Morgan fingerprint density at radius 2 is 1.85 bits per heavy atom. The fourth-order valence-electron chi connectivity index (χ4n) is 1.81. The molecule has 0 unspecified atom stereocenters. The molecule has 0 aromatic heterocycles. The van der Waals surface area contributed by atoms with Crippen LogP contribution in [0.15, 0.2) is 40.9 Å². The highest BCUT2D eigenvalue weighted by Crippen LogP contribution is 2.29. The summed E-state index contributed by atoms with van der Waals surface area (Å²) < 4.78 is 6.89. The summed E-state index contributed by atoms with van der Waals surface area (Å²) in [5, 5.41) is 4.05. The van der Waals surface area contributed by atoms with Crippen molar-refractivity contribution in [3.8, 4) is 11.5 Å². The number of ether oxygens (including phenoxy) is 1. The third-order valence-electron chi connectivity index (χ3n) is 2.96. The molecule has 2 aromatic rings. The topological polar surface area (TPSA) is 21.3 Å². The molecule has 0 saturated carbocycles. The van der Waals surface area contributed by atoms with E-state index in [1.807, 2.05) is 37.3 Å². The first-order valence-corrected chi connectivity index (χ1v) is 7.70. The normalized spacial score (nSPS) is 10.6. The minimum absolute atomic E-state index is 0.750. The molecule has 0 amide bonds. The van der Waals surface area contributed by atoms with E-state index in [2.05, 4.69) is 34.2 Å². The van der Waals surface area contributed by atoms with Gasteiger partial charge in [-0.25, -0.2) is 0 Å². The van der Waals surface area contributed by atoms with E-state index in [4.69, 9.17) is 16.3 Å². The van der Waals surface area contributed by atoms with Gasteiger partial charge in [-0.1, -0.05) is 40.5 Å². The van der Waals surface area contributed by atoms with Crippen LogP contribution in [0.1, 0.15) is 18.1 Å². The summed E-state index contributed by atoms with van der Waals surface area (Å²) in [6.45, 7) is 5.85. The van der Waals surface area contributed by atoms with Crippen LogP contribution in [0.4, 0.5) is 0 Å². The number of halogens is 2. The Balaban J connectivity index is 2.13. The third-order valence-corrected chi connectivity index (χ3v) is 4.12. The van der Waals surface area contributed by atoms with Crippen molar-refractivity contribution in [2.75, 3.05) is 6.54 Å². The van der Waals surface area contributed by atoms with Crippen LogP contribution in [0.2, 0.25) is 5.02 Å². The van der Waals surface area contributed by atoms with Crippen LogP contribution in [-0.2, 0) is 6.54 Å². The van der Waals surface area contributed by atoms with Gasteiger partial charge in [-0.2, -0.15) is 0 Å². The molecule has 0 radical (unpaired) electrons. The monoisotopic (exact) mass is 353 g/mol. The third kappa shape index (κ3) is 3.98. The average molecular weight is 355 g/mol. The molecule has 1 N–H and O–H groups in total. The van der Waals surface area contributed by atoms with Crippen molar-refractivity contribution in [3.05, 3.63) is 57.0 Å². The first-order chi connectivity index (χ1) is 9.60. The van der Waals surface area contributed by atoms with Crippen LogP contribution in [0.3, 0.4) is 0 Å². The molecule has 106 valence electrons. The van der Waals surface area contributed by atoms with Gasteiger partial charge < -0.3 is 10.1 Å². The first-order valence-electron chi connectivity index (χ1n) is 6.53. The molecule has 0 fully saturated rings. The van der Waals surface area contributed by atoms with E-state index in [1.54, 1.807) is 0 Å². The van der Waals surface area contributed by atoms with E-state index >= 15 is 0 Å². The molecule has 4 heteroatoms. The maximum Gasteiger partial charge on any atom is 0.128 e. The number of benzene rings is 2. The van der Waals surface area contributed by atoms with Gasteiger partial charge in [0.05, 0.1) is 0 Å². The van der Waals surface area contributed by atoms with Gasteiger partial charge in [-0.3, -0.25) is 0 Å². The van der Waals surface area contributed by atoms with Crippen LogP contribution in [0.5, 0.6) is 11.5 Å². The lowest BCUT2D eigenvalue weighted by Gasteiger charge is -2.10. The summed E-state index contributed by atoms with van der Waals surface area (Å²) in [4.78, 5) is 0. The molecule has 2 rings (SSSR count). The van der Waals surface area contributed by atoms with Crippen molar-refractivity contribution in [2.24, 2.45) is 0 Å². The van der Waals surface area contributed by atoms with Crippen molar-refractivity contribution < 1.29 is 4.74 Å². The Hall–Kier alpha value is -1.03.